The summed E-state index contributed by atoms with van der Waals surface area (Å²) in [4.78, 5) is 15.1. The number of hydrogen-bond donors (Lipinski definition) is 0. The lowest BCUT2D eigenvalue weighted by molar-refractivity contribution is 0.0478. The molecule has 0 aliphatic carbocycles. The number of likely N-dealkylation sites (N-methyl/N-ethyl adjacent to an activating group) is 1. The van der Waals surface area contributed by atoms with E-state index in [0.29, 0.717) is 18.7 Å². The van der Waals surface area contributed by atoms with Gasteiger partial charge in [0.25, 0.3) is 0 Å². The van der Waals surface area contributed by atoms with E-state index in [-0.39, 0.29) is 5.97 Å². The third-order valence-corrected chi connectivity index (χ3v) is 5.90. The minimum Gasteiger partial charge on any atom is -0.461 e. The molecule has 2 rings (SSSR count). The number of benzene rings is 2. The van der Waals surface area contributed by atoms with Gasteiger partial charge in [0.1, 0.15) is 6.61 Å². The van der Waals surface area contributed by atoms with Crippen molar-refractivity contribution < 1.29 is 9.53 Å². The van der Waals surface area contributed by atoms with E-state index in [1.807, 2.05) is 61.5 Å². The number of rotatable bonds is 8. The predicted octanol–water partition coefficient (Wildman–Crippen LogP) is 5.00. The lowest BCUT2D eigenvalue weighted by Crippen LogP contribution is -2.20. The van der Waals surface area contributed by atoms with Gasteiger partial charge in [-0.2, -0.15) is 0 Å². The van der Waals surface area contributed by atoms with Crippen LogP contribution < -0.4 is 0 Å². The second-order valence-electron chi connectivity index (χ2n) is 5.37. The molecule has 0 bridgehead atoms. The summed E-state index contributed by atoms with van der Waals surface area (Å²) in [5.41, 5.74) is 1.69. The molecule has 2 aromatic carbocycles. The first-order chi connectivity index (χ1) is 11.6. The Kier molecular flexibility index (Phi) is 7.99. The van der Waals surface area contributed by atoms with E-state index in [2.05, 4.69) is 0 Å². The molecule has 0 fully saturated rings. The topological polar surface area (TPSA) is 29.5 Å². The molecule has 0 saturated carbocycles. The Hall–Kier alpha value is -1.14. The average Bonchev–Trinajstić information content (AvgIpc) is 2.56. The Labute approximate surface area is 156 Å². The molecule has 0 aromatic heterocycles. The molecule has 128 valence electrons. The fourth-order valence-corrected chi connectivity index (χ4v) is 4.47. The number of ether oxygens (including phenoxy) is 1. The van der Waals surface area contributed by atoms with Crippen LogP contribution in [0.2, 0.25) is 5.02 Å². The van der Waals surface area contributed by atoms with Gasteiger partial charge in [0, 0.05) is 22.2 Å². The molecule has 0 amide bonds. The van der Waals surface area contributed by atoms with Crippen LogP contribution >= 0.6 is 33.2 Å². The number of nitrogens with zero attached hydrogens (tertiary/aromatic N) is 1. The van der Waals surface area contributed by atoms with Crippen molar-refractivity contribution in [1.82, 2.24) is 4.90 Å². The van der Waals surface area contributed by atoms with E-state index in [4.69, 9.17) is 16.3 Å². The minimum atomic E-state index is -0.279. The maximum absolute atomic E-state index is 12.2. The number of carbonyl (C=O) groups excluding carboxylic acids is 1. The molecule has 3 nitrogen and oxygen atoms in total. The average molecular weight is 382 g/mol. The van der Waals surface area contributed by atoms with Crippen LogP contribution in [-0.4, -0.2) is 38.1 Å². The Balaban J connectivity index is 1.93. The van der Waals surface area contributed by atoms with Gasteiger partial charge < -0.3 is 9.64 Å². The maximum Gasteiger partial charge on any atom is 0.339 e. The molecule has 0 radical (unpaired) electrons. The van der Waals surface area contributed by atoms with E-state index in [1.54, 1.807) is 27.7 Å². The summed E-state index contributed by atoms with van der Waals surface area (Å²) in [5, 5.41) is 0.766. The summed E-state index contributed by atoms with van der Waals surface area (Å²) < 4.78 is 5.34. The summed E-state index contributed by atoms with van der Waals surface area (Å²) in [6.45, 7) is 1.10. The van der Waals surface area contributed by atoms with E-state index in [9.17, 15) is 4.79 Å². The normalized spacial score (nSPS) is 10.8. The highest BCUT2D eigenvalue weighted by molar-refractivity contribution is 8.76. The van der Waals surface area contributed by atoms with Gasteiger partial charge >= 0.3 is 5.97 Å². The molecule has 0 N–H and O–H groups in total. The van der Waals surface area contributed by atoms with E-state index in [0.717, 1.165) is 21.2 Å². The zero-order valence-corrected chi connectivity index (χ0v) is 16.1. The lowest BCUT2D eigenvalue weighted by atomic mass is 10.2. The summed E-state index contributed by atoms with van der Waals surface area (Å²) in [6, 6.07) is 15.3. The standard InChI is InChI=1S/C18H20ClNO2S2/c1-20(2)11-12-22-18(21)15-8-4-6-10-17(15)24-23-13-14-7-3-5-9-16(14)19/h3-10H,11-13H2,1-2H3. The Bertz CT molecular complexity index is 680. The molecule has 0 atom stereocenters. The van der Waals surface area contributed by atoms with E-state index >= 15 is 0 Å². The van der Waals surface area contributed by atoms with Gasteiger partial charge in [-0.1, -0.05) is 63.5 Å². The van der Waals surface area contributed by atoms with Gasteiger partial charge in [-0.05, 0) is 37.9 Å². The van der Waals surface area contributed by atoms with Gasteiger partial charge in [0.15, 0.2) is 0 Å². The van der Waals surface area contributed by atoms with Crippen LogP contribution in [0.5, 0.6) is 0 Å². The molecule has 0 spiro atoms. The van der Waals surface area contributed by atoms with Gasteiger partial charge in [-0.25, -0.2) is 4.79 Å². The molecule has 0 aliphatic heterocycles. The third-order valence-electron chi connectivity index (χ3n) is 3.20. The van der Waals surface area contributed by atoms with Crippen LogP contribution in [-0.2, 0) is 10.5 Å². The highest BCUT2D eigenvalue weighted by atomic mass is 35.5. The second-order valence-corrected chi connectivity index (χ2v) is 8.12. The van der Waals surface area contributed by atoms with Crippen LogP contribution in [0.1, 0.15) is 15.9 Å². The van der Waals surface area contributed by atoms with Gasteiger partial charge in [0.2, 0.25) is 0 Å². The predicted molar refractivity (Wildman–Crippen MR) is 104 cm³/mol. The van der Waals surface area contributed by atoms with Crippen LogP contribution in [0.3, 0.4) is 0 Å². The zero-order valence-electron chi connectivity index (χ0n) is 13.7. The lowest BCUT2D eigenvalue weighted by Gasteiger charge is -2.11. The Morgan fingerprint density at radius 1 is 1.12 bits per heavy atom. The highest BCUT2D eigenvalue weighted by Gasteiger charge is 2.13. The van der Waals surface area contributed by atoms with Crippen molar-refractivity contribution >= 4 is 39.2 Å². The largest absolute Gasteiger partial charge is 0.461 e. The fourth-order valence-electron chi connectivity index (χ4n) is 1.88. The third kappa shape index (κ3) is 6.06. The van der Waals surface area contributed by atoms with Crippen molar-refractivity contribution in [2.45, 2.75) is 10.6 Å². The number of esters is 1. The van der Waals surface area contributed by atoms with Gasteiger partial charge in [-0.15, -0.1) is 0 Å². The molecule has 2 aromatic rings. The first kappa shape index (κ1) is 19.2. The van der Waals surface area contributed by atoms with Gasteiger partial charge in [-0.3, -0.25) is 0 Å². The first-order valence-electron chi connectivity index (χ1n) is 7.51. The molecule has 0 aliphatic rings. The van der Waals surface area contributed by atoms with Crippen LogP contribution in [0, 0.1) is 0 Å². The molecular weight excluding hydrogens is 362 g/mol. The number of halogens is 1. The highest BCUT2D eigenvalue weighted by Crippen LogP contribution is 2.37. The SMILES string of the molecule is CN(C)CCOC(=O)c1ccccc1SSCc1ccccc1Cl. The minimum absolute atomic E-state index is 0.279. The van der Waals surface area contributed by atoms with Crippen molar-refractivity contribution in [3.05, 3.63) is 64.7 Å². The van der Waals surface area contributed by atoms with Crippen molar-refractivity contribution in [1.29, 1.82) is 0 Å². The zero-order chi connectivity index (χ0) is 17.4. The quantitative estimate of drug-likeness (QED) is 0.474. The summed E-state index contributed by atoms with van der Waals surface area (Å²) in [5.74, 6) is 0.493. The monoisotopic (exact) mass is 381 g/mol. The van der Waals surface area contributed by atoms with Crippen LogP contribution in [0.4, 0.5) is 0 Å². The number of carbonyl (C=O) groups is 1. The number of hydrogen-bond acceptors (Lipinski definition) is 5. The van der Waals surface area contributed by atoms with E-state index < -0.39 is 0 Å². The Morgan fingerprint density at radius 2 is 1.83 bits per heavy atom. The molecule has 0 heterocycles. The van der Waals surface area contributed by atoms with Gasteiger partial charge in [0.05, 0.1) is 5.56 Å². The Morgan fingerprint density at radius 3 is 2.58 bits per heavy atom. The first-order valence-corrected chi connectivity index (χ1v) is 10.2. The van der Waals surface area contributed by atoms with Crippen LogP contribution in [0.15, 0.2) is 53.4 Å². The molecular formula is C18H20ClNO2S2. The maximum atomic E-state index is 12.2. The van der Waals surface area contributed by atoms with Crippen LogP contribution in [0.25, 0.3) is 0 Å². The van der Waals surface area contributed by atoms with Crippen molar-refractivity contribution in [3.8, 4) is 0 Å². The molecule has 6 heteroatoms. The fraction of sp³-hybridized carbons (Fsp3) is 0.278. The van der Waals surface area contributed by atoms with E-state index in [1.165, 1.54) is 0 Å². The van der Waals surface area contributed by atoms with Crippen molar-refractivity contribution in [2.75, 3.05) is 27.2 Å². The molecule has 0 saturated heterocycles. The second kappa shape index (κ2) is 9.99. The summed E-state index contributed by atoms with van der Waals surface area (Å²) in [7, 11) is 7.11. The molecule has 0 unspecified atom stereocenters. The smallest absolute Gasteiger partial charge is 0.339 e. The molecule has 24 heavy (non-hydrogen) atoms. The van der Waals surface area contributed by atoms with Crippen molar-refractivity contribution in [3.63, 3.8) is 0 Å². The van der Waals surface area contributed by atoms with Crippen molar-refractivity contribution in [2.24, 2.45) is 0 Å². The summed E-state index contributed by atoms with van der Waals surface area (Å²) in [6.07, 6.45) is 0. The summed E-state index contributed by atoms with van der Waals surface area (Å²) >= 11 is 6.17.